The van der Waals surface area contributed by atoms with Gasteiger partial charge in [0.1, 0.15) is 0 Å². The summed E-state index contributed by atoms with van der Waals surface area (Å²) in [5, 5.41) is 4.66. The van der Waals surface area contributed by atoms with Gasteiger partial charge in [0, 0.05) is 23.1 Å². The molecule has 1 N–H and O–H groups in total. The van der Waals surface area contributed by atoms with Crippen molar-refractivity contribution in [3.8, 4) is 0 Å². The molecule has 0 aliphatic heterocycles. The highest BCUT2D eigenvalue weighted by molar-refractivity contribution is 6.34. The molecule has 0 radical (unpaired) electrons. The Morgan fingerprint density at radius 1 is 1.20 bits per heavy atom. The summed E-state index contributed by atoms with van der Waals surface area (Å²) in [6.07, 6.45) is 2.14. The molecule has 0 heterocycles. The van der Waals surface area contributed by atoms with E-state index in [2.05, 4.69) is 25.2 Å². The van der Waals surface area contributed by atoms with E-state index in [1.54, 1.807) is 6.07 Å². The minimum absolute atomic E-state index is 0.682. The van der Waals surface area contributed by atoms with Crippen LogP contribution in [0.4, 0.5) is 0 Å². The van der Waals surface area contributed by atoms with Gasteiger partial charge < -0.3 is 5.32 Å². The van der Waals surface area contributed by atoms with Gasteiger partial charge in [0.05, 0.1) is 0 Å². The third kappa shape index (κ3) is 5.22. The van der Waals surface area contributed by atoms with E-state index in [4.69, 9.17) is 23.2 Å². The number of nitrogens with one attached hydrogen (secondary N) is 1. The zero-order valence-corrected chi connectivity index (χ0v) is 10.5. The number of hydrogen-bond donors (Lipinski definition) is 1. The number of halogens is 2. The van der Waals surface area contributed by atoms with Crippen molar-refractivity contribution in [2.75, 3.05) is 6.54 Å². The summed E-state index contributed by atoms with van der Waals surface area (Å²) >= 11 is 11.8. The van der Waals surface area contributed by atoms with Crippen LogP contribution in [0.3, 0.4) is 0 Å². The van der Waals surface area contributed by atoms with Crippen molar-refractivity contribution in [1.29, 1.82) is 0 Å². The van der Waals surface area contributed by atoms with E-state index in [-0.39, 0.29) is 0 Å². The van der Waals surface area contributed by atoms with Crippen molar-refractivity contribution >= 4 is 23.2 Å². The van der Waals surface area contributed by atoms with Gasteiger partial charge in [-0.1, -0.05) is 34.9 Å². The lowest BCUT2D eigenvalue weighted by Crippen LogP contribution is -2.13. The Kier molecular flexibility index (Phi) is 5.16. The average molecular weight is 244 g/mol. The highest BCUT2D eigenvalue weighted by Gasteiger charge is 1.97. The first-order valence-corrected chi connectivity index (χ1v) is 5.62. The van der Waals surface area contributed by atoms with Gasteiger partial charge in [0.15, 0.2) is 0 Å². The molecule has 1 aromatic rings. The molecule has 0 aliphatic carbocycles. The van der Waals surface area contributed by atoms with Gasteiger partial charge in [-0.05, 0) is 37.6 Å². The number of rotatable bonds is 4. The molecule has 0 saturated heterocycles. The Morgan fingerprint density at radius 2 is 1.80 bits per heavy atom. The standard InChI is InChI=1S/C12H15Cl2N/c1-9(2)3-4-15-8-10-5-11(13)7-12(14)6-10/h3,5-7,15H,4,8H2,1-2H3. The van der Waals surface area contributed by atoms with Crippen LogP contribution in [0.5, 0.6) is 0 Å². The fourth-order valence-corrected chi connectivity index (χ4v) is 1.78. The third-order valence-electron chi connectivity index (χ3n) is 1.91. The Hall–Kier alpha value is -0.500. The minimum atomic E-state index is 0.682. The maximum Gasteiger partial charge on any atom is 0.0424 e. The molecule has 3 heteroatoms. The monoisotopic (exact) mass is 243 g/mol. The van der Waals surface area contributed by atoms with Gasteiger partial charge in [0.2, 0.25) is 0 Å². The van der Waals surface area contributed by atoms with Gasteiger partial charge in [0.25, 0.3) is 0 Å². The van der Waals surface area contributed by atoms with Crippen LogP contribution in [-0.2, 0) is 6.54 Å². The van der Waals surface area contributed by atoms with Gasteiger partial charge >= 0.3 is 0 Å². The van der Waals surface area contributed by atoms with E-state index in [0.29, 0.717) is 10.0 Å². The van der Waals surface area contributed by atoms with Gasteiger partial charge in [-0.2, -0.15) is 0 Å². The Morgan fingerprint density at radius 3 is 2.33 bits per heavy atom. The molecule has 0 saturated carbocycles. The SMILES string of the molecule is CC(C)=CCNCc1cc(Cl)cc(Cl)c1. The lowest BCUT2D eigenvalue weighted by molar-refractivity contribution is 0.757. The first-order chi connectivity index (χ1) is 7.08. The van der Waals surface area contributed by atoms with Crippen LogP contribution < -0.4 is 5.32 Å². The maximum absolute atomic E-state index is 5.89. The summed E-state index contributed by atoms with van der Waals surface area (Å²) < 4.78 is 0. The van der Waals surface area contributed by atoms with Crippen LogP contribution in [0.25, 0.3) is 0 Å². The minimum Gasteiger partial charge on any atom is -0.309 e. The lowest BCUT2D eigenvalue weighted by Gasteiger charge is -2.04. The molecule has 1 rings (SSSR count). The Labute approximate surface area is 101 Å². The third-order valence-corrected chi connectivity index (χ3v) is 2.34. The quantitative estimate of drug-likeness (QED) is 0.622. The summed E-state index contributed by atoms with van der Waals surface area (Å²) in [6, 6.07) is 5.58. The van der Waals surface area contributed by atoms with Crippen molar-refractivity contribution in [1.82, 2.24) is 5.32 Å². The molecular formula is C12H15Cl2N. The molecule has 0 aliphatic rings. The van der Waals surface area contributed by atoms with Crippen LogP contribution >= 0.6 is 23.2 Å². The van der Waals surface area contributed by atoms with Crippen molar-refractivity contribution in [3.63, 3.8) is 0 Å². The van der Waals surface area contributed by atoms with E-state index in [1.807, 2.05) is 12.1 Å². The molecule has 0 amide bonds. The molecule has 0 bridgehead atoms. The van der Waals surface area contributed by atoms with Crippen LogP contribution in [0, 0.1) is 0 Å². The molecule has 0 fully saturated rings. The van der Waals surface area contributed by atoms with Crippen LogP contribution in [0.15, 0.2) is 29.8 Å². The lowest BCUT2D eigenvalue weighted by atomic mass is 10.2. The molecule has 1 nitrogen and oxygen atoms in total. The maximum atomic E-state index is 5.89. The van der Waals surface area contributed by atoms with E-state index < -0.39 is 0 Å². The van der Waals surface area contributed by atoms with E-state index in [1.165, 1.54) is 5.57 Å². The molecule has 1 aromatic carbocycles. The molecule has 0 unspecified atom stereocenters. The van der Waals surface area contributed by atoms with E-state index in [0.717, 1.165) is 18.7 Å². The second kappa shape index (κ2) is 6.16. The Bertz CT molecular complexity index is 334. The average Bonchev–Trinajstić information content (AvgIpc) is 2.10. The van der Waals surface area contributed by atoms with Crippen LogP contribution in [-0.4, -0.2) is 6.54 Å². The zero-order chi connectivity index (χ0) is 11.3. The number of hydrogen-bond acceptors (Lipinski definition) is 1. The summed E-state index contributed by atoms with van der Waals surface area (Å²) in [7, 11) is 0. The predicted octanol–water partition coefficient (Wildman–Crippen LogP) is 4.05. The summed E-state index contributed by atoms with van der Waals surface area (Å²) in [4.78, 5) is 0. The first-order valence-electron chi connectivity index (χ1n) is 4.87. The summed E-state index contributed by atoms with van der Waals surface area (Å²) in [5.41, 5.74) is 2.42. The first kappa shape index (κ1) is 12.6. The van der Waals surface area contributed by atoms with Crippen molar-refractivity contribution < 1.29 is 0 Å². The normalized spacial score (nSPS) is 10.1. The molecule has 0 aromatic heterocycles. The number of benzene rings is 1. The van der Waals surface area contributed by atoms with Crippen molar-refractivity contribution in [2.45, 2.75) is 20.4 Å². The fourth-order valence-electron chi connectivity index (χ4n) is 1.21. The van der Waals surface area contributed by atoms with E-state index >= 15 is 0 Å². The smallest absolute Gasteiger partial charge is 0.0424 e. The van der Waals surface area contributed by atoms with Crippen LogP contribution in [0.1, 0.15) is 19.4 Å². The summed E-state index contributed by atoms with van der Waals surface area (Å²) in [5.74, 6) is 0. The van der Waals surface area contributed by atoms with Crippen molar-refractivity contribution in [2.24, 2.45) is 0 Å². The highest BCUT2D eigenvalue weighted by Crippen LogP contribution is 2.18. The second-order valence-electron chi connectivity index (χ2n) is 3.69. The van der Waals surface area contributed by atoms with Gasteiger partial charge in [-0.15, -0.1) is 0 Å². The molecule has 0 atom stereocenters. The van der Waals surface area contributed by atoms with Gasteiger partial charge in [-0.3, -0.25) is 0 Å². The summed E-state index contributed by atoms with van der Waals surface area (Å²) in [6.45, 7) is 5.81. The topological polar surface area (TPSA) is 12.0 Å². The number of allylic oxidation sites excluding steroid dienone is 1. The Balaban J connectivity index is 2.47. The molecule has 82 valence electrons. The fraction of sp³-hybridized carbons (Fsp3) is 0.333. The molecule has 0 spiro atoms. The van der Waals surface area contributed by atoms with Gasteiger partial charge in [-0.25, -0.2) is 0 Å². The van der Waals surface area contributed by atoms with Crippen LogP contribution in [0.2, 0.25) is 10.0 Å². The predicted molar refractivity (Wildman–Crippen MR) is 67.6 cm³/mol. The second-order valence-corrected chi connectivity index (χ2v) is 4.56. The zero-order valence-electron chi connectivity index (χ0n) is 8.98. The highest BCUT2D eigenvalue weighted by atomic mass is 35.5. The largest absolute Gasteiger partial charge is 0.309 e. The molecule has 15 heavy (non-hydrogen) atoms. The molecular weight excluding hydrogens is 229 g/mol. The van der Waals surface area contributed by atoms with E-state index in [9.17, 15) is 0 Å². The van der Waals surface area contributed by atoms with Crippen molar-refractivity contribution in [3.05, 3.63) is 45.5 Å².